The molecule has 22 heavy (non-hydrogen) atoms. The maximum absolute atomic E-state index is 12.5. The Kier molecular flexibility index (Phi) is 4.40. The second-order valence-electron chi connectivity index (χ2n) is 4.49. The highest BCUT2D eigenvalue weighted by atomic mass is 32.1. The van der Waals surface area contributed by atoms with E-state index >= 15 is 0 Å². The second kappa shape index (κ2) is 5.95. The summed E-state index contributed by atoms with van der Waals surface area (Å²) in [5.41, 5.74) is 0. The van der Waals surface area contributed by atoms with Gasteiger partial charge in [0.1, 0.15) is 22.8 Å². The van der Waals surface area contributed by atoms with Crippen LogP contribution in [0.4, 0.5) is 13.2 Å². The van der Waals surface area contributed by atoms with Crippen LogP contribution in [0, 0.1) is 0 Å². The summed E-state index contributed by atoms with van der Waals surface area (Å²) in [4.78, 5) is 27.0. The number of nitrogens with zero attached hydrogens (tertiary/aromatic N) is 2. The Bertz CT molecular complexity index is 694. The van der Waals surface area contributed by atoms with Gasteiger partial charge in [-0.1, -0.05) is 0 Å². The number of hydrogen-bond acceptors (Lipinski definition) is 5. The number of hydrogen-bond donors (Lipinski definition) is 1. The number of thiazole rings is 1. The van der Waals surface area contributed by atoms with Gasteiger partial charge in [-0.2, -0.15) is 13.2 Å². The summed E-state index contributed by atoms with van der Waals surface area (Å²) in [5.74, 6) is -2.64. The van der Waals surface area contributed by atoms with E-state index in [4.69, 9.17) is 4.74 Å². The monoisotopic (exact) mass is 335 g/mol. The fourth-order valence-corrected chi connectivity index (χ4v) is 2.64. The van der Waals surface area contributed by atoms with Crippen LogP contribution in [0.1, 0.15) is 25.7 Å². The van der Waals surface area contributed by atoms with Crippen molar-refractivity contribution in [2.24, 2.45) is 0 Å². The molecule has 0 aliphatic heterocycles. The summed E-state index contributed by atoms with van der Waals surface area (Å²) in [6, 6.07) is -1.23. The molecular weight excluding hydrogens is 323 g/mol. The zero-order chi connectivity index (χ0) is 16.5. The van der Waals surface area contributed by atoms with E-state index in [1.807, 2.05) is 5.32 Å². The molecule has 10 heteroatoms. The van der Waals surface area contributed by atoms with Gasteiger partial charge in [0.25, 0.3) is 0 Å². The summed E-state index contributed by atoms with van der Waals surface area (Å²) in [7, 11) is 0. The first-order valence-electron chi connectivity index (χ1n) is 6.15. The number of imidazole rings is 1. The predicted octanol–water partition coefficient (Wildman–Crippen LogP) is 2.07. The van der Waals surface area contributed by atoms with Crippen LogP contribution in [-0.4, -0.2) is 33.5 Å². The molecule has 0 spiro atoms. The van der Waals surface area contributed by atoms with E-state index in [-0.39, 0.29) is 5.82 Å². The summed E-state index contributed by atoms with van der Waals surface area (Å²) >= 11 is 1.33. The molecule has 0 bridgehead atoms. The van der Waals surface area contributed by atoms with Gasteiger partial charge in [0, 0.05) is 18.5 Å². The molecule has 2 aromatic heterocycles. The van der Waals surface area contributed by atoms with Crippen molar-refractivity contribution in [2.45, 2.75) is 32.2 Å². The zero-order valence-electron chi connectivity index (χ0n) is 11.5. The average Bonchev–Trinajstić information content (AvgIpc) is 2.96. The normalized spacial score (nSPS) is 14.6. The quantitative estimate of drug-likeness (QED) is 0.868. The highest BCUT2D eigenvalue weighted by Crippen LogP contribution is 2.24. The molecule has 2 heterocycles. The van der Waals surface area contributed by atoms with E-state index in [1.165, 1.54) is 28.9 Å². The first kappa shape index (κ1) is 16.3. The van der Waals surface area contributed by atoms with Gasteiger partial charge in [0.2, 0.25) is 0 Å². The van der Waals surface area contributed by atoms with Crippen LogP contribution in [0.15, 0.2) is 17.8 Å². The van der Waals surface area contributed by atoms with E-state index in [0.717, 1.165) is 6.92 Å². The number of alkyl halides is 3. The molecule has 2 aromatic rings. The first-order chi connectivity index (χ1) is 10.2. The number of carbonyl (C=O) groups is 2. The summed E-state index contributed by atoms with van der Waals surface area (Å²) in [6.45, 7) is 2.51. The van der Waals surface area contributed by atoms with Gasteiger partial charge in [-0.05, 0) is 6.92 Å². The van der Waals surface area contributed by atoms with Gasteiger partial charge in [-0.3, -0.25) is 14.0 Å². The van der Waals surface area contributed by atoms with Crippen molar-refractivity contribution < 1.29 is 27.5 Å². The molecule has 2 unspecified atom stereocenters. The van der Waals surface area contributed by atoms with Gasteiger partial charge >= 0.3 is 18.1 Å². The van der Waals surface area contributed by atoms with Crippen molar-refractivity contribution in [1.29, 1.82) is 0 Å². The Morgan fingerprint density at radius 2 is 2.14 bits per heavy atom. The molecule has 6 nitrogen and oxygen atoms in total. The molecule has 0 radical (unpaired) electrons. The third-order valence-corrected chi connectivity index (χ3v) is 3.64. The molecule has 0 aromatic carbocycles. The minimum atomic E-state index is -5.04. The number of ether oxygens (including phenoxy) is 1. The number of rotatable bonds is 4. The zero-order valence-corrected chi connectivity index (χ0v) is 12.4. The third kappa shape index (κ3) is 3.38. The number of halogens is 3. The molecule has 2 rings (SSSR count). The van der Waals surface area contributed by atoms with Crippen LogP contribution in [0.25, 0.3) is 4.83 Å². The maximum Gasteiger partial charge on any atom is 0.471 e. The van der Waals surface area contributed by atoms with E-state index in [0.29, 0.717) is 4.83 Å². The van der Waals surface area contributed by atoms with Gasteiger partial charge < -0.3 is 10.1 Å². The summed E-state index contributed by atoms with van der Waals surface area (Å²) < 4.78 is 43.9. The SMILES string of the molecule is CC(=O)OC(C)C(NC(=O)C(F)(F)F)c1ncc2sccn12. The molecule has 0 aliphatic rings. The Morgan fingerprint density at radius 3 is 2.73 bits per heavy atom. The lowest BCUT2D eigenvalue weighted by atomic mass is 10.1. The molecule has 0 saturated carbocycles. The fourth-order valence-electron chi connectivity index (χ4n) is 1.93. The highest BCUT2D eigenvalue weighted by Gasteiger charge is 2.42. The standard InChI is InChI=1S/C12H12F3N3O3S/c1-6(21-7(2)19)9(17-11(20)12(13,14)15)10-16-5-8-18(10)3-4-22-8/h3-6,9H,1-2H3,(H,17,20). The number of amides is 1. The van der Waals surface area contributed by atoms with Crippen LogP contribution in [-0.2, 0) is 14.3 Å². The van der Waals surface area contributed by atoms with E-state index in [9.17, 15) is 22.8 Å². The predicted molar refractivity (Wildman–Crippen MR) is 71.2 cm³/mol. The lowest BCUT2D eigenvalue weighted by molar-refractivity contribution is -0.176. The lowest BCUT2D eigenvalue weighted by Crippen LogP contribution is -2.44. The van der Waals surface area contributed by atoms with Crippen molar-refractivity contribution >= 4 is 28.0 Å². The molecule has 1 amide bonds. The Hall–Kier alpha value is -2.10. The van der Waals surface area contributed by atoms with E-state index < -0.39 is 30.2 Å². The molecule has 0 aliphatic carbocycles. The Morgan fingerprint density at radius 1 is 1.45 bits per heavy atom. The van der Waals surface area contributed by atoms with Gasteiger partial charge in [-0.15, -0.1) is 11.3 Å². The van der Waals surface area contributed by atoms with Crippen LogP contribution in [0.3, 0.4) is 0 Å². The fraction of sp³-hybridized carbons (Fsp3) is 0.417. The van der Waals surface area contributed by atoms with Crippen LogP contribution < -0.4 is 5.32 Å². The molecule has 120 valence electrons. The summed E-state index contributed by atoms with van der Waals surface area (Å²) in [6.07, 6.45) is -2.99. The topological polar surface area (TPSA) is 72.7 Å². The molecule has 2 atom stereocenters. The van der Waals surface area contributed by atoms with Gasteiger partial charge in [0.05, 0.1) is 6.20 Å². The number of nitrogens with one attached hydrogen (secondary N) is 1. The Labute approximate surface area is 126 Å². The van der Waals surface area contributed by atoms with Crippen molar-refractivity contribution in [2.75, 3.05) is 0 Å². The van der Waals surface area contributed by atoms with Gasteiger partial charge in [-0.25, -0.2) is 4.98 Å². The largest absolute Gasteiger partial charge is 0.471 e. The van der Waals surface area contributed by atoms with Crippen molar-refractivity contribution in [1.82, 2.24) is 14.7 Å². The average molecular weight is 335 g/mol. The first-order valence-corrected chi connectivity index (χ1v) is 7.03. The number of esters is 1. The van der Waals surface area contributed by atoms with Crippen molar-refractivity contribution in [3.8, 4) is 0 Å². The van der Waals surface area contributed by atoms with Gasteiger partial charge in [0.15, 0.2) is 0 Å². The smallest absolute Gasteiger partial charge is 0.460 e. The third-order valence-electron chi connectivity index (χ3n) is 2.83. The Balaban J connectivity index is 2.35. The minimum Gasteiger partial charge on any atom is -0.460 e. The molecule has 0 fully saturated rings. The highest BCUT2D eigenvalue weighted by molar-refractivity contribution is 7.15. The molecular formula is C12H12F3N3O3S. The van der Waals surface area contributed by atoms with Crippen molar-refractivity contribution in [3.05, 3.63) is 23.6 Å². The van der Waals surface area contributed by atoms with Crippen LogP contribution >= 0.6 is 11.3 Å². The van der Waals surface area contributed by atoms with Crippen LogP contribution in [0.2, 0.25) is 0 Å². The number of aromatic nitrogens is 2. The number of carbonyl (C=O) groups excluding carboxylic acids is 2. The summed E-state index contributed by atoms with van der Waals surface area (Å²) in [5, 5.41) is 3.55. The van der Waals surface area contributed by atoms with E-state index in [1.54, 1.807) is 11.6 Å². The second-order valence-corrected chi connectivity index (χ2v) is 5.42. The minimum absolute atomic E-state index is 0.155. The lowest BCUT2D eigenvalue weighted by Gasteiger charge is -2.24. The van der Waals surface area contributed by atoms with Crippen LogP contribution in [0.5, 0.6) is 0 Å². The van der Waals surface area contributed by atoms with Crippen molar-refractivity contribution in [3.63, 3.8) is 0 Å². The molecule has 1 N–H and O–H groups in total. The molecule has 0 saturated heterocycles. The maximum atomic E-state index is 12.5. The number of fused-ring (bicyclic) bond motifs is 1. The van der Waals surface area contributed by atoms with E-state index in [2.05, 4.69) is 4.98 Å².